The summed E-state index contributed by atoms with van der Waals surface area (Å²) in [4.78, 5) is 53.5. The van der Waals surface area contributed by atoms with Crippen molar-refractivity contribution in [1.82, 2.24) is 24.9 Å². The van der Waals surface area contributed by atoms with E-state index in [1.54, 1.807) is 19.1 Å². The molecule has 5 atom stereocenters. The van der Waals surface area contributed by atoms with Gasteiger partial charge in [0.25, 0.3) is 5.91 Å². The Bertz CT molecular complexity index is 2040. The molecule has 3 saturated carbocycles. The van der Waals surface area contributed by atoms with Gasteiger partial charge in [-0.1, -0.05) is 26.0 Å². The Kier molecular flexibility index (Phi) is 9.83. The minimum atomic E-state index is -3.83. The van der Waals surface area contributed by atoms with E-state index in [1.165, 1.54) is 11.3 Å². The molecule has 52 heavy (non-hydrogen) atoms. The smallest absolute Gasteiger partial charge is 0.259 e. The molecule has 0 spiro atoms. The van der Waals surface area contributed by atoms with Crippen LogP contribution in [0.25, 0.3) is 21.6 Å². The van der Waals surface area contributed by atoms with Gasteiger partial charge in [0, 0.05) is 41.9 Å². The SMILES string of the molecule is COc1ccc2c(O[C@@H]3C[C@@H]4C(=O)N[C@]5(C(=O)NS(=O)(=O)C6CC6)C[C@H]5/C=C/CCCCN(C)C(=O)[C@H]4C3)cc(-c3nc(C(C)C)cs3)nc2c1C. The van der Waals surface area contributed by atoms with Crippen LogP contribution in [0, 0.1) is 24.7 Å². The lowest BCUT2D eigenvalue weighted by Gasteiger charge is -2.26. The lowest BCUT2D eigenvalue weighted by atomic mass is 9.93. The first-order valence-corrected chi connectivity index (χ1v) is 20.6. The van der Waals surface area contributed by atoms with Crippen LogP contribution in [0.5, 0.6) is 11.5 Å². The van der Waals surface area contributed by atoms with Gasteiger partial charge in [-0.2, -0.15) is 0 Å². The van der Waals surface area contributed by atoms with E-state index in [2.05, 4.69) is 23.9 Å². The fraction of sp³-hybridized carbons (Fsp3) is 0.553. The topological polar surface area (TPSA) is 157 Å². The Morgan fingerprint density at radius 2 is 1.88 bits per heavy atom. The van der Waals surface area contributed by atoms with Crippen molar-refractivity contribution in [2.45, 2.75) is 94.9 Å². The van der Waals surface area contributed by atoms with Gasteiger partial charge in [0.05, 0.1) is 35.4 Å². The minimum Gasteiger partial charge on any atom is -0.496 e. The van der Waals surface area contributed by atoms with Crippen molar-refractivity contribution in [2.75, 3.05) is 20.7 Å². The third-order valence-corrected chi connectivity index (χ3v) is 13.7. The number of methoxy groups -OCH3 is 1. The molecule has 3 heterocycles. The summed E-state index contributed by atoms with van der Waals surface area (Å²) >= 11 is 1.51. The highest BCUT2D eigenvalue weighted by atomic mass is 32.2. The van der Waals surface area contributed by atoms with Gasteiger partial charge in [-0.15, -0.1) is 11.3 Å². The number of aromatic nitrogens is 2. The molecule has 4 aliphatic rings. The maximum Gasteiger partial charge on any atom is 0.259 e. The summed E-state index contributed by atoms with van der Waals surface area (Å²) in [5.41, 5.74) is 1.79. The van der Waals surface area contributed by atoms with Gasteiger partial charge in [0.1, 0.15) is 33.8 Å². The highest BCUT2D eigenvalue weighted by Gasteiger charge is 2.62. The summed E-state index contributed by atoms with van der Waals surface area (Å²) in [6.45, 7) is 6.69. The Labute approximate surface area is 308 Å². The zero-order chi connectivity index (χ0) is 36.9. The number of benzene rings is 1. The quantitative estimate of drug-likeness (QED) is 0.294. The normalized spacial score (nSPS) is 27.4. The van der Waals surface area contributed by atoms with Crippen LogP contribution in [0.4, 0.5) is 0 Å². The predicted molar refractivity (Wildman–Crippen MR) is 199 cm³/mol. The summed E-state index contributed by atoms with van der Waals surface area (Å²) in [6.07, 6.45) is 7.61. The molecule has 12 nitrogen and oxygen atoms in total. The van der Waals surface area contributed by atoms with Crippen molar-refractivity contribution in [3.8, 4) is 22.2 Å². The highest BCUT2D eigenvalue weighted by Crippen LogP contribution is 2.47. The molecular formula is C38H47N5O7S2. The second-order valence-electron chi connectivity index (χ2n) is 15.1. The number of nitrogens with zero attached hydrogens (tertiary/aromatic N) is 3. The Hall–Kier alpha value is -4.04. The van der Waals surface area contributed by atoms with Crippen LogP contribution in [-0.2, 0) is 24.4 Å². The minimum absolute atomic E-state index is 0.147. The fourth-order valence-corrected chi connectivity index (χ4v) is 9.85. The van der Waals surface area contributed by atoms with Crippen molar-refractivity contribution in [2.24, 2.45) is 17.8 Å². The van der Waals surface area contributed by atoms with Crippen molar-refractivity contribution in [3.63, 3.8) is 0 Å². The Morgan fingerprint density at radius 1 is 1.12 bits per heavy atom. The summed E-state index contributed by atoms with van der Waals surface area (Å²) in [7, 11) is -0.445. The molecular weight excluding hydrogens is 703 g/mol. The largest absolute Gasteiger partial charge is 0.496 e. The van der Waals surface area contributed by atoms with Crippen LogP contribution in [0.15, 0.2) is 35.7 Å². The van der Waals surface area contributed by atoms with Gasteiger partial charge in [0.2, 0.25) is 21.8 Å². The van der Waals surface area contributed by atoms with Gasteiger partial charge in [-0.25, -0.2) is 18.4 Å². The zero-order valence-electron chi connectivity index (χ0n) is 30.3. The number of amides is 3. The third-order valence-electron chi connectivity index (χ3n) is 11.0. The summed E-state index contributed by atoms with van der Waals surface area (Å²) in [6, 6.07) is 5.66. The number of aryl methyl sites for hydroxylation is 1. The second-order valence-corrected chi connectivity index (χ2v) is 17.9. The number of hydrogen-bond acceptors (Lipinski definition) is 10. The van der Waals surface area contributed by atoms with E-state index >= 15 is 0 Å². The molecule has 0 unspecified atom stereocenters. The van der Waals surface area contributed by atoms with E-state index < -0.39 is 50.6 Å². The summed E-state index contributed by atoms with van der Waals surface area (Å²) in [5, 5.41) is 5.95. The molecule has 1 aromatic carbocycles. The van der Waals surface area contributed by atoms with E-state index in [-0.39, 0.29) is 30.6 Å². The lowest BCUT2D eigenvalue weighted by Crippen LogP contribution is -2.54. The molecule has 3 aromatic rings. The molecule has 0 radical (unpaired) electrons. The average molecular weight is 750 g/mol. The second kappa shape index (κ2) is 14.1. The van der Waals surface area contributed by atoms with E-state index in [4.69, 9.17) is 19.4 Å². The van der Waals surface area contributed by atoms with Crippen molar-refractivity contribution >= 4 is 50.0 Å². The number of carbonyl (C=O) groups excluding carboxylic acids is 3. The summed E-state index contributed by atoms with van der Waals surface area (Å²) < 4.78 is 40.2. The van der Waals surface area contributed by atoms with Gasteiger partial charge in [0.15, 0.2) is 0 Å². The van der Waals surface area contributed by atoms with Crippen LogP contribution < -0.4 is 19.5 Å². The maximum absolute atomic E-state index is 14.3. The number of pyridine rings is 1. The molecule has 278 valence electrons. The Balaban J connectivity index is 1.21. The van der Waals surface area contributed by atoms with Crippen LogP contribution in [0.2, 0.25) is 0 Å². The number of fused-ring (bicyclic) bond motifs is 3. The lowest BCUT2D eigenvalue weighted by molar-refractivity contribution is -0.140. The number of carbonyl (C=O) groups is 3. The van der Waals surface area contributed by atoms with Crippen LogP contribution in [-0.4, -0.2) is 78.6 Å². The molecule has 3 aliphatic carbocycles. The molecule has 7 rings (SSSR count). The molecule has 14 heteroatoms. The number of nitrogens with one attached hydrogen (secondary N) is 2. The van der Waals surface area contributed by atoms with E-state index in [1.807, 2.05) is 42.7 Å². The molecule has 2 aromatic heterocycles. The van der Waals surface area contributed by atoms with E-state index in [0.29, 0.717) is 48.5 Å². The summed E-state index contributed by atoms with van der Waals surface area (Å²) in [5.74, 6) is -1.63. The highest BCUT2D eigenvalue weighted by molar-refractivity contribution is 7.91. The number of hydrogen-bond donors (Lipinski definition) is 2. The number of thiazole rings is 1. The standard InChI is InChI=1S/C38H47N5O7S2/c1-21(2)30-20-51-35(40-30)29-18-32(26-13-14-31(49-5)22(3)33(26)39-29)50-24-16-27-28(17-24)36(45)43(4)15-9-7-6-8-10-23-19-38(23,41-34(27)44)37(46)42-52(47,48)25-11-12-25/h8,10,13-14,18,20-21,23-25,27-28H,6-7,9,11-12,15-17,19H2,1-5H3,(H,41,44)(H,42,46)/b10-8+/t23-,24-,27+,28+,38-/m1/s1. The van der Waals surface area contributed by atoms with Gasteiger partial charge in [-0.05, 0) is 76.3 Å². The van der Waals surface area contributed by atoms with Crippen LogP contribution >= 0.6 is 11.3 Å². The first kappa shape index (κ1) is 36.3. The molecule has 1 aliphatic heterocycles. The van der Waals surface area contributed by atoms with Gasteiger partial charge in [-0.3, -0.25) is 19.1 Å². The predicted octanol–water partition coefficient (Wildman–Crippen LogP) is 5.25. The molecule has 3 amide bonds. The van der Waals surface area contributed by atoms with E-state index in [0.717, 1.165) is 40.9 Å². The van der Waals surface area contributed by atoms with Crippen molar-refractivity contribution in [1.29, 1.82) is 0 Å². The number of sulfonamides is 1. The van der Waals surface area contributed by atoms with Crippen LogP contribution in [0.3, 0.4) is 0 Å². The maximum atomic E-state index is 14.3. The average Bonchev–Trinajstić information content (AvgIpc) is 3.98. The van der Waals surface area contributed by atoms with Gasteiger partial charge >= 0.3 is 0 Å². The number of ether oxygens (including phenoxy) is 2. The number of rotatable bonds is 8. The first-order chi connectivity index (χ1) is 24.8. The molecule has 0 bridgehead atoms. The van der Waals surface area contributed by atoms with Crippen molar-refractivity contribution in [3.05, 3.63) is 47.0 Å². The molecule has 2 N–H and O–H groups in total. The zero-order valence-corrected chi connectivity index (χ0v) is 31.9. The van der Waals surface area contributed by atoms with E-state index in [9.17, 15) is 22.8 Å². The molecule has 3 fully saturated rings. The molecule has 0 saturated heterocycles. The Morgan fingerprint density at radius 3 is 2.60 bits per heavy atom. The van der Waals surface area contributed by atoms with Crippen LogP contribution in [0.1, 0.15) is 82.4 Å². The monoisotopic (exact) mass is 749 g/mol. The number of allylic oxidation sites excluding steroid dienone is 1. The third kappa shape index (κ3) is 7.03. The van der Waals surface area contributed by atoms with Gasteiger partial charge < -0.3 is 19.7 Å². The fourth-order valence-electron chi connectivity index (χ4n) is 7.55. The first-order valence-electron chi connectivity index (χ1n) is 18.2. The van der Waals surface area contributed by atoms with Crippen molar-refractivity contribution < 1.29 is 32.3 Å².